The molecule has 22 heavy (non-hydrogen) atoms. The van der Waals surface area contributed by atoms with Gasteiger partial charge in [-0.05, 0) is 54.7 Å². The molecule has 0 saturated heterocycles. The maximum absolute atomic E-state index is 12.8. The van der Waals surface area contributed by atoms with Gasteiger partial charge in [0.15, 0.2) is 0 Å². The summed E-state index contributed by atoms with van der Waals surface area (Å²) in [5.74, 6) is -0.192. The van der Waals surface area contributed by atoms with Gasteiger partial charge in [-0.1, -0.05) is 35.9 Å². The summed E-state index contributed by atoms with van der Waals surface area (Å²) in [6.07, 6.45) is 3.14. The first-order chi connectivity index (χ1) is 10.6. The Bertz CT molecular complexity index is 595. The third-order valence-electron chi connectivity index (χ3n) is 3.41. The number of nitrogens with one attached hydrogen (secondary N) is 1. The van der Waals surface area contributed by atoms with Crippen molar-refractivity contribution in [2.24, 2.45) is 0 Å². The maximum atomic E-state index is 12.8. The SMILES string of the molecule is O=C(Cc1ccc(Cl)cc1)NCCCCc1ccc(F)cc1. The Hall–Kier alpha value is -1.87. The minimum absolute atomic E-state index is 0.0177. The fourth-order valence-corrected chi connectivity index (χ4v) is 2.31. The van der Waals surface area contributed by atoms with Crippen LogP contribution >= 0.6 is 11.6 Å². The lowest BCUT2D eigenvalue weighted by molar-refractivity contribution is -0.120. The first kappa shape index (κ1) is 16.5. The van der Waals surface area contributed by atoms with Crippen LogP contribution in [-0.2, 0) is 17.6 Å². The molecule has 0 saturated carbocycles. The molecule has 0 aliphatic carbocycles. The lowest BCUT2D eigenvalue weighted by Crippen LogP contribution is -2.26. The van der Waals surface area contributed by atoms with E-state index in [0.29, 0.717) is 18.0 Å². The van der Waals surface area contributed by atoms with Gasteiger partial charge in [0.25, 0.3) is 0 Å². The van der Waals surface area contributed by atoms with Crippen LogP contribution in [0.5, 0.6) is 0 Å². The number of carbonyl (C=O) groups excluding carboxylic acids is 1. The second-order valence-corrected chi connectivity index (χ2v) is 5.67. The van der Waals surface area contributed by atoms with E-state index in [1.165, 1.54) is 12.1 Å². The van der Waals surface area contributed by atoms with Gasteiger partial charge in [0.05, 0.1) is 6.42 Å². The Morgan fingerprint density at radius 2 is 1.59 bits per heavy atom. The van der Waals surface area contributed by atoms with E-state index in [-0.39, 0.29) is 11.7 Å². The van der Waals surface area contributed by atoms with E-state index < -0.39 is 0 Å². The van der Waals surface area contributed by atoms with Crippen molar-refractivity contribution in [1.82, 2.24) is 5.32 Å². The predicted molar refractivity (Wildman–Crippen MR) is 87.5 cm³/mol. The number of aryl methyl sites for hydroxylation is 1. The molecule has 4 heteroatoms. The smallest absolute Gasteiger partial charge is 0.224 e. The van der Waals surface area contributed by atoms with Gasteiger partial charge in [0.1, 0.15) is 5.82 Å². The van der Waals surface area contributed by atoms with Gasteiger partial charge < -0.3 is 5.32 Å². The molecule has 0 aliphatic rings. The van der Waals surface area contributed by atoms with Gasteiger partial charge >= 0.3 is 0 Å². The van der Waals surface area contributed by atoms with Gasteiger partial charge in [-0.15, -0.1) is 0 Å². The molecule has 1 N–H and O–H groups in total. The largest absolute Gasteiger partial charge is 0.356 e. The van der Waals surface area contributed by atoms with E-state index >= 15 is 0 Å². The molecule has 0 unspecified atom stereocenters. The molecule has 0 aromatic heterocycles. The maximum Gasteiger partial charge on any atom is 0.224 e. The molecule has 0 heterocycles. The summed E-state index contributed by atoms with van der Waals surface area (Å²) >= 11 is 5.80. The monoisotopic (exact) mass is 319 g/mol. The van der Waals surface area contributed by atoms with Crippen molar-refractivity contribution in [2.75, 3.05) is 6.54 Å². The van der Waals surface area contributed by atoms with Crippen LogP contribution in [0.15, 0.2) is 48.5 Å². The quantitative estimate of drug-likeness (QED) is 0.763. The van der Waals surface area contributed by atoms with E-state index in [4.69, 9.17) is 11.6 Å². The highest BCUT2D eigenvalue weighted by Crippen LogP contribution is 2.10. The molecule has 0 radical (unpaired) electrons. The summed E-state index contributed by atoms with van der Waals surface area (Å²) in [6, 6.07) is 13.8. The first-order valence-corrected chi connectivity index (χ1v) is 7.77. The van der Waals surface area contributed by atoms with Crippen LogP contribution in [0.4, 0.5) is 4.39 Å². The van der Waals surface area contributed by atoms with E-state index in [2.05, 4.69) is 5.32 Å². The standard InChI is InChI=1S/C18H19ClFNO/c19-16-8-4-15(5-9-16)13-18(22)21-12-2-1-3-14-6-10-17(20)11-7-14/h4-11H,1-3,12-13H2,(H,21,22). The fourth-order valence-electron chi connectivity index (χ4n) is 2.18. The van der Waals surface area contributed by atoms with Crippen molar-refractivity contribution in [1.29, 1.82) is 0 Å². The molecule has 2 nitrogen and oxygen atoms in total. The zero-order valence-electron chi connectivity index (χ0n) is 12.3. The van der Waals surface area contributed by atoms with Gasteiger partial charge in [0.2, 0.25) is 5.91 Å². The molecule has 0 bridgehead atoms. The predicted octanol–water partition coefficient (Wildman–Crippen LogP) is 4.16. The van der Waals surface area contributed by atoms with E-state index in [1.54, 1.807) is 24.3 Å². The van der Waals surface area contributed by atoms with Crippen molar-refractivity contribution in [2.45, 2.75) is 25.7 Å². The average molecular weight is 320 g/mol. The number of benzene rings is 2. The molecule has 116 valence electrons. The van der Waals surface area contributed by atoms with Crippen LogP contribution < -0.4 is 5.32 Å². The number of halogens is 2. The number of hydrogen-bond acceptors (Lipinski definition) is 1. The number of unbranched alkanes of at least 4 members (excludes halogenated alkanes) is 1. The highest BCUT2D eigenvalue weighted by Gasteiger charge is 2.02. The second-order valence-electron chi connectivity index (χ2n) is 5.24. The van der Waals surface area contributed by atoms with Gasteiger partial charge in [-0.25, -0.2) is 4.39 Å². The highest BCUT2D eigenvalue weighted by atomic mass is 35.5. The molecule has 0 spiro atoms. The summed E-state index contributed by atoms with van der Waals surface area (Å²) < 4.78 is 12.8. The summed E-state index contributed by atoms with van der Waals surface area (Å²) in [6.45, 7) is 0.660. The molecule has 0 fully saturated rings. The summed E-state index contributed by atoms with van der Waals surface area (Å²) in [4.78, 5) is 11.8. The Balaban J connectivity index is 1.61. The Morgan fingerprint density at radius 1 is 0.955 bits per heavy atom. The topological polar surface area (TPSA) is 29.1 Å². The van der Waals surface area contributed by atoms with Crippen LogP contribution in [-0.4, -0.2) is 12.5 Å². The van der Waals surface area contributed by atoms with Crippen LogP contribution in [0, 0.1) is 5.82 Å². The van der Waals surface area contributed by atoms with Crippen molar-refractivity contribution in [3.8, 4) is 0 Å². The number of carbonyl (C=O) groups is 1. The van der Waals surface area contributed by atoms with Crippen molar-refractivity contribution in [3.05, 3.63) is 70.5 Å². The van der Waals surface area contributed by atoms with Gasteiger partial charge in [0, 0.05) is 11.6 Å². The normalized spacial score (nSPS) is 10.5. The Kier molecular flexibility index (Phi) is 6.41. The van der Waals surface area contributed by atoms with E-state index in [1.807, 2.05) is 12.1 Å². The molecule has 0 atom stereocenters. The van der Waals surface area contributed by atoms with E-state index in [0.717, 1.165) is 30.4 Å². The number of rotatable bonds is 7. The lowest BCUT2D eigenvalue weighted by Gasteiger charge is -2.06. The van der Waals surface area contributed by atoms with Crippen LogP contribution in [0.25, 0.3) is 0 Å². The Morgan fingerprint density at radius 3 is 2.27 bits per heavy atom. The first-order valence-electron chi connectivity index (χ1n) is 7.39. The minimum Gasteiger partial charge on any atom is -0.356 e. The molecular formula is C18H19ClFNO. The molecular weight excluding hydrogens is 301 g/mol. The van der Waals surface area contributed by atoms with Gasteiger partial charge in [-0.2, -0.15) is 0 Å². The third kappa shape index (κ3) is 5.86. The minimum atomic E-state index is -0.210. The molecule has 2 aromatic carbocycles. The number of amides is 1. The van der Waals surface area contributed by atoms with Crippen LogP contribution in [0.2, 0.25) is 5.02 Å². The average Bonchev–Trinajstić information content (AvgIpc) is 2.51. The molecule has 0 aliphatic heterocycles. The zero-order chi connectivity index (χ0) is 15.8. The zero-order valence-corrected chi connectivity index (χ0v) is 13.1. The lowest BCUT2D eigenvalue weighted by atomic mass is 10.1. The molecule has 1 amide bonds. The number of hydrogen-bond donors (Lipinski definition) is 1. The summed E-state index contributed by atoms with van der Waals surface area (Å²) in [7, 11) is 0. The van der Waals surface area contributed by atoms with Gasteiger partial charge in [-0.3, -0.25) is 4.79 Å². The fraction of sp³-hybridized carbons (Fsp3) is 0.278. The summed E-state index contributed by atoms with van der Waals surface area (Å²) in [5.41, 5.74) is 2.07. The highest BCUT2D eigenvalue weighted by molar-refractivity contribution is 6.30. The molecule has 2 aromatic rings. The van der Waals surface area contributed by atoms with Crippen molar-refractivity contribution < 1.29 is 9.18 Å². The van der Waals surface area contributed by atoms with Crippen molar-refractivity contribution in [3.63, 3.8) is 0 Å². The van der Waals surface area contributed by atoms with E-state index in [9.17, 15) is 9.18 Å². The van der Waals surface area contributed by atoms with Crippen LogP contribution in [0.3, 0.4) is 0 Å². The van der Waals surface area contributed by atoms with Crippen molar-refractivity contribution >= 4 is 17.5 Å². The third-order valence-corrected chi connectivity index (χ3v) is 3.66. The Labute approximate surface area is 135 Å². The second kappa shape index (κ2) is 8.54. The molecule has 2 rings (SSSR count). The summed E-state index contributed by atoms with van der Waals surface area (Å²) in [5, 5.41) is 3.58. The van der Waals surface area contributed by atoms with Crippen LogP contribution in [0.1, 0.15) is 24.0 Å².